The van der Waals surface area contributed by atoms with Gasteiger partial charge < -0.3 is 4.74 Å². The van der Waals surface area contributed by atoms with Crippen molar-refractivity contribution in [3.8, 4) is 5.75 Å². The van der Waals surface area contributed by atoms with E-state index in [9.17, 15) is 14.9 Å². The predicted molar refractivity (Wildman–Crippen MR) is 102 cm³/mol. The summed E-state index contributed by atoms with van der Waals surface area (Å²) in [6, 6.07) is 17.8. The third-order valence-corrected chi connectivity index (χ3v) is 4.95. The molecule has 0 fully saturated rings. The van der Waals surface area contributed by atoms with Gasteiger partial charge in [-0.2, -0.15) is 0 Å². The van der Waals surface area contributed by atoms with Crippen LogP contribution in [0.2, 0.25) is 0 Å². The fourth-order valence-electron chi connectivity index (χ4n) is 2.46. The number of para-hydroxylation sites is 1. The molecule has 0 saturated carbocycles. The van der Waals surface area contributed by atoms with Gasteiger partial charge in [-0.1, -0.05) is 62.0 Å². The summed E-state index contributed by atoms with van der Waals surface area (Å²) < 4.78 is 5.50. The second-order valence-corrected chi connectivity index (χ2v) is 7.09. The van der Waals surface area contributed by atoms with Crippen LogP contribution in [0.25, 0.3) is 10.8 Å². The van der Waals surface area contributed by atoms with Gasteiger partial charge in [0.2, 0.25) is 0 Å². The number of fused-ring (bicyclic) bond motifs is 1. The average Bonchev–Trinajstić information content (AvgIpc) is 2.63. The van der Waals surface area contributed by atoms with Crippen molar-refractivity contribution in [1.82, 2.24) is 0 Å². The van der Waals surface area contributed by atoms with Crippen LogP contribution in [0.15, 0.2) is 70.5 Å². The van der Waals surface area contributed by atoms with Crippen LogP contribution in [-0.4, -0.2) is 10.9 Å². The van der Waals surface area contributed by atoms with E-state index in [1.165, 1.54) is 17.8 Å². The Bertz CT molecular complexity index is 984. The van der Waals surface area contributed by atoms with Crippen LogP contribution in [0.4, 0.5) is 5.69 Å². The standard InChI is InChI=1S/C20H17NO4S/c1-13(2)20(22)25-17-11-12-18(15-8-4-3-7-14(15)17)26-19-10-6-5-9-16(19)21(23)24/h3-13H,1-2H3. The molecule has 3 aromatic carbocycles. The lowest BCUT2D eigenvalue weighted by Crippen LogP contribution is -2.14. The molecular formula is C20H17NO4S. The molecule has 0 bridgehead atoms. The van der Waals surface area contributed by atoms with Crippen molar-refractivity contribution in [3.05, 3.63) is 70.8 Å². The zero-order chi connectivity index (χ0) is 18.7. The molecule has 0 aliphatic heterocycles. The molecule has 5 nitrogen and oxygen atoms in total. The van der Waals surface area contributed by atoms with E-state index in [4.69, 9.17) is 4.74 Å². The highest BCUT2D eigenvalue weighted by atomic mass is 32.2. The lowest BCUT2D eigenvalue weighted by molar-refractivity contribution is -0.387. The minimum atomic E-state index is -0.386. The van der Waals surface area contributed by atoms with Gasteiger partial charge in [-0.3, -0.25) is 14.9 Å². The first-order valence-electron chi connectivity index (χ1n) is 8.12. The van der Waals surface area contributed by atoms with Gasteiger partial charge in [0.1, 0.15) is 5.75 Å². The number of nitro benzene ring substituents is 1. The van der Waals surface area contributed by atoms with Crippen LogP contribution >= 0.6 is 11.8 Å². The maximum Gasteiger partial charge on any atom is 0.313 e. The van der Waals surface area contributed by atoms with E-state index in [-0.39, 0.29) is 22.5 Å². The summed E-state index contributed by atoms with van der Waals surface area (Å²) in [5.74, 6) is -0.0322. The molecule has 6 heteroatoms. The molecule has 0 aromatic heterocycles. The molecular weight excluding hydrogens is 350 g/mol. The van der Waals surface area contributed by atoms with Crippen molar-refractivity contribution in [2.45, 2.75) is 23.6 Å². The number of carbonyl (C=O) groups excluding carboxylic acids is 1. The van der Waals surface area contributed by atoms with Gasteiger partial charge in [-0.15, -0.1) is 0 Å². The predicted octanol–water partition coefficient (Wildman–Crippen LogP) is 5.46. The summed E-state index contributed by atoms with van der Waals surface area (Å²) in [5.41, 5.74) is 0.0666. The maximum atomic E-state index is 11.9. The number of hydrogen-bond acceptors (Lipinski definition) is 5. The van der Waals surface area contributed by atoms with Crippen molar-refractivity contribution in [2.24, 2.45) is 5.92 Å². The summed E-state index contributed by atoms with van der Waals surface area (Å²) in [4.78, 5) is 24.2. The third kappa shape index (κ3) is 3.70. The topological polar surface area (TPSA) is 69.4 Å². The van der Waals surface area contributed by atoms with E-state index >= 15 is 0 Å². The van der Waals surface area contributed by atoms with Crippen LogP contribution in [0.1, 0.15) is 13.8 Å². The molecule has 0 unspecified atom stereocenters. The molecule has 0 N–H and O–H groups in total. The minimum Gasteiger partial charge on any atom is -0.426 e. The first-order chi connectivity index (χ1) is 12.5. The van der Waals surface area contributed by atoms with Gasteiger partial charge in [0.15, 0.2) is 0 Å². The minimum absolute atomic E-state index is 0.0666. The number of esters is 1. The first kappa shape index (κ1) is 17.9. The van der Waals surface area contributed by atoms with E-state index in [1.54, 1.807) is 38.1 Å². The second-order valence-electron chi connectivity index (χ2n) is 6.01. The van der Waals surface area contributed by atoms with Crippen LogP contribution in [0.5, 0.6) is 5.75 Å². The summed E-state index contributed by atoms with van der Waals surface area (Å²) in [6.45, 7) is 3.56. The molecule has 0 spiro atoms. The van der Waals surface area contributed by atoms with Gasteiger partial charge in [-0.05, 0) is 23.6 Å². The van der Waals surface area contributed by atoms with Crippen LogP contribution in [0, 0.1) is 16.0 Å². The number of rotatable bonds is 5. The lowest BCUT2D eigenvalue weighted by atomic mass is 10.1. The van der Waals surface area contributed by atoms with E-state index < -0.39 is 0 Å². The molecule has 0 saturated heterocycles. The summed E-state index contributed by atoms with van der Waals surface area (Å²) >= 11 is 1.32. The molecule has 0 aliphatic rings. The second kappa shape index (κ2) is 7.58. The number of hydrogen-bond donors (Lipinski definition) is 0. The third-order valence-electron chi connectivity index (χ3n) is 3.81. The van der Waals surface area contributed by atoms with Crippen molar-refractivity contribution in [3.63, 3.8) is 0 Å². The van der Waals surface area contributed by atoms with Gasteiger partial charge in [-0.25, -0.2) is 0 Å². The lowest BCUT2D eigenvalue weighted by Gasteiger charge is -2.12. The van der Waals surface area contributed by atoms with E-state index in [0.29, 0.717) is 10.6 Å². The van der Waals surface area contributed by atoms with E-state index in [0.717, 1.165) is 15.7 Å². The number of ether oxygens (including phenoxy) is 1. The smallest absolute Gasteiger partial charge is 0.313 e. The first-order valence-corrected chi connectivity index (χ1v) is 8.93. The highest BCUT2D eigenvalue weighted by Crippen LogP contribution is 2.40. The number of nitrogens with zero attached hydrogens (tertiary/aromatic N) is 1. The SMILES string of the molecule is CC(C)C(=O)Oc1ccc(Sc2ccccc2[N+](=O)[O-])c2ccccc12. The Hall–Kier alpha value is -2.86. The number of benzene rings is 3. The maximum absolute atomic E-state index is 11.9. The molecule has 0 aliphatic carbocycles. The molecule has 0 atom stereocenters. The Kier molecular flexibility index (Phi) is 5.23. The van der Waals surface area contributed by atoms with Crippen molar-refractivity contribution in [2.75, 3.05) is 0 Å². The van der Waals surface area contributed by atoms with Crippen LogP contribution < -0.4 is 4.74 Å². The zero-order valence-electron chi connectivity index (χ0n) is 14.3. The monoisotopic (exact) mass is 367 g/mol. The number of carbonyl (C=O) groups is 1. The summed E-state index contributed by atoms with van der Waals surface area (Å²) in [5, 5.41) is 12.9. The molecule has 0 radical (unpaired) electrons. The largest absolute Gasteiger partial charge is 0.426 e. The Balaban J connectivity index is 2.04. The van der Waals surface area contributed by atoms with E-state index in [2.05, 4.69) is 0 Å². The normalized spacial score (nSPS) is 10.9. The number of nitro groups is 1. The molecule has 0 amide bonds. The Morgan fingerprint density at radius 2 is 1.62 bits per heavy atom. The van der Waals surface area contributed by atoms with Crippen molar-refractivity contribution >= 4 is 34.2 Å². The highest BCUT2D eigenvalue weighted by molar-refractivity contribution is 7.99. The van der Waals surface area contributed by atoms with Gasteiger partial charge >= 0.3 is 5.97 Å². The summed E-state index contributed by atoms with van der Waals surface area (Å²) in [7, 11) is 0. The fraction of sp³-hybridized carbons (Fsp3) is 0.150. The van der Waals surface area contributed by atoms with Gasteiger partial charge in [0.25, 0.3) is 5.69 Å². The molecule has 3 rings (SSSR count). The van der Waals surface area contributed by atoms with Crippen molar-refractivity contribution in [1.29, 1.82) is 0 Å². The van der Waals surface area contributed by atoms with Gasteiger partial charge in [0.05, 0.1) is 15.7 Å². The summed E-state index contributed by atoms with van der Waals surface area (Å²) in [6.07, 6.45) is 0. The highest BCUT2D eigenvalue weighted by Gasteiger charge is 2.17. The molecule has 132 valence electrons. The molecule has 0 heterocycles. The van der Waals surface area contributed by atoms with Gasteiger partial charge in [0, 0.05) is 16.3 Å². The Morgan fingerprint density at radius 1 is 0.962 bits per heavy atom. The van der Waals surface area contributed by atoms with Crippen LogP contribution in [-0.2, 0) is 4.79 Å². The Labute approximate surface area is 155 Å². The van der Waals surface area contributed by atoms with Crippen molar-refractivity contribution < 1.29 is 14.5 Å². The zero-order valence-corrected chi connectivity index (χ0v) is 15.2. The molecule has 3 aromatic rings. The average molecular weight is 367 g/mol. The quantitative estimate of drug-likeness (QED) is 0.259. The molecule has 26 heavy (non-hydrogen) atoms. The van der Waals surface area contributed by atoms with Crippen LogP contribution in [0.3, 0.4) is 0 Å². The Morgan fingerprint density at radius 3 is 2.31 bits per heavy atom. The fourth-order valence-corrected chi connectivity index (χ4v) is 3.52. The van der Waals surface area contributed by atoms with E-state index in [1.807, 2.05) is 30.3 Å².